The zero-order valence-electron chi connectivity index (χ0n) is 14.8. The number of nitrogens with one attached hydrogen (secondary N) is 1. The van der Waals surface area contributed by atoms with Gasteiger partial charge in [-0.1, -0.05) is 18.2 Å². The number of nitrogens with zero attached hydrogens (tertiary/aromatic N) is 2. The molecule has 1 aliphatic rings. The third-order valence-corrected chi connectivity index (χ3v) is 4.37. The summed E-state index contributed by atoms with van der Waals surface area (Å²) in [6.07, 6.45) is -4.47. The normalized spacial score (nSPS) is 16.6. The van der Waals surface area contributed by atoms with Gasteiger partial charge in [-0.2, -0.15) is 18.3 Å². The van der Waals surface area contributed by atoms with Crippen molar-refractivity contribution in [3.63, 3.8) is 0 Å². The molecule has 1 atom stereocenters. The van der Waals surface area contributed by atoms with Crippen LogP contribution in [0, 0.1) is 6.92 Å². The van der Waals surface area contributed by atoms with Crippen LogP contribution in [0.25, 0.3) is 0 Å². The van der Waals surface area contributed by atoms with Crippen molar-refractivity contribution in [3.05, 3.63) is 46.6 Å². The quantitative estimate of drug-likeness (QED) is 0.826. The van der Waals surface area contributed by atoms with Crippen molar-refractivity contribution in [3.8, 4) is 0 Å². The van der Waals surface area contributed by atoms with Crippen LogP contribution in [-0.4, -0.2) is 28.3 Å². The van der Waals surface area contributed by atoms with Gasteiger partial charge < -0.3 is 10.1 Å². The van der Waals surface area contributed by atoms with Crippen LogP contribution in [0.5, 0.6) is 0 Å². The Morgan fingerprint density at radius 2 is 2.15 bits per heavy atom. The zero-order valence-corrected chi connectivity index (χ0v) is 14.8. The SMILES string of the molecule is CCOC(=O)Cn1nc(C)c2c1NC(=O)CC2c1cccc(C(F)(F)F)c1. The predicted molar refractivity (Wildman–Crippen MR) is 90.1 cm³/mol. The number of amides is 1. The average molecular weight is 381 g/mol. The second-order valence-electron chi connectivity index (χ2n) is 6.24. The summed E-state index contributed by atoms with van der Waals surface area (Å²) in [6, 6.07) is 4.92. The molecule has 27 heavy (non-hydrogen) atoms. The van der Waals surface area contributed by atoms with Gasteiger partial charge in [-0.25, -0.2) is 4.68 Å². The topological polar surface area (TPSA) is 73.2 Å². The van der Waals surface area contributed by atoms with Gasteiger partial charge >= 0.3 is 12.1 Å². The number of benzene rings is 1. The van der Waals surface area contributed by atoms with Crippen molar-refractivity contribution in [1.29, 1.82) is 0 Å². The summed E-state index contributed by atoms with van der Waals surface area (Å²) in [5.74, 6) is -1.13. The van der Waals surface area contributed by atoms with E-state index in [1.54, 1.807) is 19.9 Å². The Hall–Kier alpha value is -2.84. The molecular weight excluding hydrogens is 363 g/mol. The molecule has 1 N–H and O–H groups in total. The van der Waals surface area contributed by atoms with E-state index in [-0.39, 0.29) is 25.5 Å². The van der Waals surface area contributed by atoms with Crippen molar-refractivity contribution in [2.45, 2.75) is 38.9 Å². The third kappa shape index (κ3) is 3.81. The number of halogens is 3. The van der Waals surface area contributed by atoms with E-state index in [1.165, 1.54) is 10.7 Å². The highest BCUT2D eigenvalue weighted by Crippen LogP contribution is 2.40. The molecule has 1 aliphatic heterocycles. The van der Waals surface area contributed by atoms with Crippen LogP contribution < -0.4 is 5.32 Å². The lowest BCUT2D eigenvalue weighted by atomic mass is 9.85. The minimum absolute atomic E-state index is 0.000248. The van der Waals surface area contributed by atoms with E-state index in [0.29, 0.717) is 22.6 Å². The van der Waals surface area contributed by atoms with Gasteiger partial charge in [0, 0.05) is 17.9 Å². The van der Waals surface area contributed by atoms with Crippen LogP contribution in [0.1, 0.15) is 41.6 Å². The number of aromatic nitrogens is 2. The first-order valence-corrected chi connectivity index (χ1v) is 8.40. The highest BCUT2D eigenvalue weighted by atomic mass is 19.4. The van der Waals surface area contributed by atoms with Gasteiger partial charge in [0.1, 0.15) is 12.4 Å². The molecule has 1 amide bonds. The van der Waals surface area contributed by atoms with Gasteiger partial charge in [-0.3, -0.25) is 9.59 Å². The summed E-state index contributed by atoms with van der Waals surface area (Å²) < 4.78 is 45.4. The fraction of sp³-hybridized carbons (Fsp3) is 0.389. The van der Waals surface area contributed by atoms with E-state index in [4.69, 9.17) is 4.74 Å². The molecule has 0 radical (unpaired) electrons. The van der Waals surface area contributed by atoms with E-state index in [2.05, 4.69) is 10.4 Å². The van der Waals surface area contributed by atoms with Crippen molar-refractivity contribution in [2.24, 2.45) is 0 Å². The van der Waals surface area contributed by atoms with E-state index in [1.807, 2.05) is 0 Å². The molecule has 0 aliphatic carbocycles. The molecule has 0 bridgehead atoms. The fourth-order valence-electron chi connectivity index (χ4n) is 3.27. The van der Waals surface area contributed by atoms with Crippen LogP contribution in [0.15, 0.2) is 24.3 Å². The molecule has 2 aromatic rings. The highest BCUT2D eigenvalue weighted by molar-refractivity contribution is 5.95. The van der Waals surface area contributed by atoms with Gasteiger partial charge in [0.15, 0.2) is 0 Å². The number of carbonyl (C=O) groups excluding carboxylic acids is 2. The molecule has 1 aromatic heterocycles. The molecule has 0 saturated heterocycles. The van der Waals surface area contributed by atoms with E-state index >= 15 is 0 Å². The van der Waals surface area contributed by atoms with Gasteiger partial charge in [0.05, 0.1) is 17.9 Å². The molecule has 3 rings (SSSR count). The van der Waals surface area contributed by atoms with Crippen LogP contribution in [-0.2, 0) is 27.0 Å². The Balaban J connectivity index is 2.03. The number of aryl methyl sites for hydroxylation is 1. The number of carbonyl (C=O) groups is 2. The smallest absolute Gasteiger partial charge is 0.416 e. The number of fused-ring (bicyclic) bond motifs is 1. The number of hydrogen-bond donors (Lipinski definition) is 1. The van der Waals surface area contributed by atoms with E-state index < -0.39 is 23.6 Å². The summed E-state index contributed by atoms with van der Waals surface area (Å²) >= 11 is 0. The van der Waals surface area contributed by atoms with Crippen molar-refractivity contribution >= 4 is 17.7 Å². The number of ether oxygens (including phenoxy) is 1. The summed E-state index contributed by atoms with van der Waals surface area (Å²) in [4.78, 5) is 23.9. The maximum absolute atomic E-state index is 13.1. The molecule has 0 fully saturated rings. The Morgan fingerprint density at radius 3 is 2.81 bits per heavy atom. The second kappa shape index (κ2) is 7.05. The van der Waals surface area contributed by atoms with Crippen LogP contribution in [0.4, 0.5) is 19.0 Å². The van der Waals surface area contributed by atoms with E-state index in [0.717, 1.165) is 12.1 Å². The molecule has 6 nitrogen and oxygen atoms in total. The first-order valence-electron chi connectivity index (χ1n) is 8.40. The lowest BCUT2D eigenvalue weighted by Gasteiger charge is -2.25. The lowest BCUT2D eigenvalue weighted by molar-refractivity contribution is -0.144. The standard InChI is InChI=1S/C18H18F3N3O3/c1-3-27-15(26)9-24-17-16(10(2)23-24)13(8-14(25)22-17)11-5-4-6-12(7-11)18(19,20)21/h4-7,13H,3,8-9H2,1-2H3,(H,22,25). The average Bonchev–Trinajstić information content (AvgIpc) is 2.89. The number of esters is 1. The summed E-state index contributed by atoms with van der Waals surface area (Å²) in [7, 11) is 0. The van der Waals surface area contributed by atoms with Crippen LogP contribution in [0.2, 0.25) is 0 Å². The zero-order chi connectivity index (χ0) is 19.8. The van der Waals surface area contributed by atoms with Crippen LogP contribution >= 0.6 is 0 Å². The maximum Gasteiger partial charge on any atom is 0.416 e. The number of rotatable bonds is 4. The summed E-state index contributed by atoms with van der Waals surface area (Å²) in [5.41, 5.74) is 0.749. The third-order valence-electron chi connectivity index (χ3n) is 4.37. The van der Waals surface area contributed by atoms with Gasteiger partial charge in [-0.05, 0) is 25.5 Å². The molecular formula is C18H18F3N3O3. The highest BCUT2D eigenvalue weighted by Gasteiger charge is 2.35. The van der Waals surface area contributed by atoms with Gasteiger partial charge in [0.2, 0.25) is 5.91 Å². The van der Waals surface area contributed by atoms with Gasteiger partial charge in [0.25, 0.3) is 0 Å². The Morgan fingerprint density at radius 1 is 1.41 bits per heavy atom. The first-order chi connectivity index (χ1) is 12.7. The monoisotopic (exact) mass is 381 g/mol. The van der Waals surface area contributed by atoms with Crippen molar-refractivity contribution in [2.75, 3.05) is 11.9 Å². The van der Waals surface area contributed by atoms with Gasteiger partial charge in [-0.15, -0.1) is 0 Å². The summed E-state index contributed by atoms with van der Waals surface area (Å²) in [6.45, 7) is 3.38. The molecule has 9 heteroatoms. The first kappa shape index (κ1) is 18.9. The maximum atomic E-state index is 13.1. The predicted octanol–water partition coefficient (Wildman–Crippen LogP) is 3.25. The molecule has 1 aromatic carbocycles. The Kier molecular flexibility index (Phi) is 4.95. The number of alkyl halides is 3. The molecule has 0 spiro atoms. The fourth-order valence-corrected chi connectivity index (χ4v) is 3.27. The minimum Gasteiger partial charge on any atom is -0.465 e. The van der Waals surface area contributed by atoms with Crippen molar-refractivity contribution < 1.29 is 27.5 Å². The molecule has 2 heterocycles. The number of anilines is 1. The minimum atomic E-state index is -4.47. The van der Waals surface area contributed by atoms with Crippen LogP contribution in [0.3, 0.4) is 0 Å². The molecule has 1 unspecified atom stereocenters. The Labute approximate surface area is 153 Å². The molecule has 0 saturated carbocycles. The Bertz CT molecular complexity index is 890. The second-order valence-corrected chi connectivity index (χ2v) is 6.24. The molecule has 144 valence electrons. The largest absolute Gasteiger partial charge is 0.465 e. The lowest BCUT2D eigenvalue weighted by Crippen LogP contribution is -2.26. The van der Waals surface area contributed by atoms with E-state index in [9.17, 15) is 22.8 Å². The number of hydrogen-bond acceptors (Lipinski definition) is 4. The summed E-state index contributed by atoms with van der Waals surface area (Å²) in [5, 5.41) is 6.95. The van der Waals surface area contributed by atoms with Crippen molar-refractivity contribution in [1.82, 2.24) is 9.78 Å².